The fourth-order valence-corrected chi connectivity index (χ4v) is 6.02. The summed E-state index contributed by atoms with van der Waals surface area (Å²) in [6.07, 6.45) is 2.64. The second kappa shape index (κ2) is 11.1. The Labute approximate surface area is 252 Å². The molecule has 222 valence electrons. The Hall–Kier alpha value is -4.19. The van der Waals surface area contributed by atoms with Crippen LogP contribution in [-0.4, -0.2) is 66.4 Å². The molecule has 1 fully saturated rings. The van der Waals surface area contributed by atoms with Crippen molar-refractivity contribution < 1.29 is 24.1 Å². The maximum absolute atomic E-state index is 11.9. The van der Waals surface area contributed by atoms with E-state index in [1.54, 1.807) is 18.3 Å². The first-order chi connectivity index (χ1) is 20.9. The van der Waals surface area contributed by atoms with E-state index < -0.39 is 5.97 Å². The fraction of sp³-hybridized carbons (Fsp3) is 0.355. The zero-order valence-corrected chi connectivity index (χ0v) is 24.6. The second-order valence-electron chi connectivity index (χ2n) is 10.9. The summed E-state index contributed by atoms with van der Waals surface area (Å²) in [7, 11) is 1.54. The highest BCUT2D eigenvalue weighted by Crippen LogP contribution is 2.35. The van der Waals surface area contributed by atoms with Gasteiger partial charge in [-0.2, -0.15) is 0 Å². The number of ether oxygens (including phenoxy) is 3. The van der Waals surface area contributed by atoms with E-state index in [9.17, 15) is 9.90 Å². The lowest BCUT2D eigenvalue weighted by molar-refractivity contribution is -0.0592. The van der Waals surface area contributed by atoms with Crippen molar-refractivity contribution in [2.45, 2.75) is 51.7 Å². The molecule has 5 heterocycles. The van der Waals surface area contributed by atoms with Gasteiger partial charge in [-0.05, 0) is 49.7 Å². The molecule has 2 aliphatic heterocycles. The number of carboxylic acids is 1. The number of para-hydroxylation sites is 1. The number of fused-ring (bicyclic) bond motifs is 4. The summed E-state index contributed by atoms with van der Waals surface area (Å²) in [5, 5.41) is 10.3. The van der Waals surface area contributed by atoms with E-state index in [0.717, 1.165) is 60.0 Å². The number of carboxylic acid groups (broad SMARTS) is 1. The molecule has 0 saturated carbocycles. The SMILES string of the molecule is COc1cc(C(=O)O)cc2c1nc(CN1CCn3c(nc4c(OCc5ccc(Cl)cn5)cccc43)[C@@H]1C)n2C[C@@H]1CCO1. The molecule has 0 unspecified atom stereocenters. The lowest BCUT2D eigenvalue weighted by Gasteiger charge is -2.34. The van der Waals surface area contributed by atoms with Crippen molar-refractivity contribution in [3.05, 3.63) is 76.6 Å². The Balaban J connectivity index is 1.19. The van der Waals surface area contributed by atoms with Gasteiger partial charge in [-0.25, -0.2) is 14.8 Å². The van der Waals surface area contributed by atoms with Gasteiger partial charge in [0.2, 0.25) is 0 Å². The van der Waals surface area contributed by atoms with Crippen molar-refractivity contribution in [2.24, 2.45) is 0 Å². The summed E-state index contributed by atoms with van der Waals surface area (Å²) in [6, 6.07) is 12.8. The van der Waals surface area contributed by atoms with Crippen LogP contribution in [-0.2, 0) is 31.0 Å². The van der Waals surface area contributed by atoms with Crippen LogP contribution in [0.5, 0.6) is 11.5 Å². The highest BCUT2D eigenvalue weighted by atomic mass is 35.5. The summed E-state index contributed by atoms with van der Waals surface area (Å²) in [5.41, 5.74) is 4.18. The lowest BCUT2D eigenvalue weighted by Crippen LogP contribution is -2.38. The van der Waals surface area contributed by atoms with Crippen molar-refractivity contribution in [2.75, 3.05) is 20.3 Å². The van der Waals surface area contributed by atoms with Gasteiger partial charge < -0.3 is 28.5 Å². The largest absolute Gasteiger partial charge is 0.494 e. The predicted molar refractivity (Wildman–Crippen MR) is 160 cm³/mol. The Morgan fingerprint density at radius 1 is 1.12 bits per heavy atom. The quantitative estimate of drug-likeness (QED) is 0.246. The molecule has 0 spiro atoms. The molecule has 0 radical (unpaired) electrons. The average molecular weight is 603 g/mol. The summed E-state index contributed by atoms with van der Waals surface area (Å²) in [5.74, 6) is 1.93. The molecule has 0 bridgehead atoms. The van der Waals surface area contributed by atoms with Crippen LogP contribution in [0.1, 0.15) is 47.1 Å². The number of carbonyl (C=O) groups is 1. The zero-order valence-electron chi connectivity index (χ0n) is 23.9. The number of nitrogens with zero attached hydrogens (tertiary/aromatic N) is 6. The third kappa shape index (κ3) is 5.07. The number of aromatic nitrogens is 5. The maximum Gasteiger partial charge on any atom is 0.335 e. The molecule has 2 aliphatic rings. The number of aromatic carboxylic acids is 1. The van der Waals surface area contributed by atoms with E-state index in [1.807, 2.05) is 18.2 Å². The van der Waals surface area contributed by atoms with Gasteiger partial charge in [0, 0.05) is 25.9 Å². The summed E-state index contributed by atoms with van der Waals surface area (Å²) in [4.78, 5) is 28.6. The zero-order chi connectivity index (χ0) is 29.7. The van der Waals surface area contributed by atoms with Crippen molar-refractivity contribution in [1.82, 2.24) is 29.0 Å². The first-order valence-corrected chi connectivity index (χ1v) is 14.7. The molecule has 3 aromatic heterocycles. The first kappa shape index (κ1) is 27.6. The van der Waals surface area contributed by atoms with Crippen LogP contribution in [0.2, 0.25) is 5.02 Å². The van der Waals surface area contributed by atoms with Crippen LogP contribution in [0.25, 0.3) is 22.1 Å². The molecule has 0 amide bonds. The Bertz CT molecular complexity index is 1830. The van der Waals surface area contributed by atoms with E-state index in [-0.39, 0.29) is 17.7 Å². The second-order valence-corrected chi connectivity index (χ2v) is 11.4. The molecule has 7 rings (SSSR count). The van der Waals surface area contributed by atoms with Gasteiger partial charge in [0.05, 0.1) is 59.7 Å². The minimum Gasteiger partial charge on any atom is -0.494 e. The minimum absolute atomic E-state index is 0.00313. The van der Waals surface area contributed by atoms with E-state index >= 15 is 0 Å². The number of hydrogen-bond acceptors (Lipinski definition) is 8. The van der Waals surface area contributed by atoms with E-state index in [2.05, 4.69) is 32.0 Å². The average Bonchev–Trinajstić information content (AvgIpc) is 3.54. The van der Waals surface area contributed by atoms with Crippen LogP contribution in [0.4, 0.5) is 0 Å². The summed E-state index contributed by atoms with van der Waals surface area (Å²) < 4.78 is 21.8. The molecule has 12 heteroatoms. The Kier molecular flexibility index (Phi) is 7.16. The number of hydrogen-bond donors (Lipinski definition) is 1. The van der Waals surface area contributed by atoms with E-state index in [0.29, 0.717) is 41.7 Å². The molecule has 5 aromatic rings. The maximum atomic E-state index is 11.9. The molecule has 43 heavy (non-hydrogen) atoms. The van der Waals surface area contributed by atoms with E-state index in [4.69, 9.17) is 35.8 Å². The van der Waals surface area contributed by atoms with Gasteiger partial charge in [0.1, 0.15) is 40.8 Å². The number of benzene rings is 2. The van der Waals surface area contributed by atoms with Gasteiger partial charge in [-0.3, -0.25) is 9.88 Å². The lowest BCUT2D eigenvalue weighted by atomic mass is 10.1. The van der Waals surface area contributed by atoms with Crippen LogP contribution in [0.15, 0.2) is 48.7 Å². The third-order valence-electron chi connectivity index (χ3n) is 8.36. The highest BCUT2D eigenvalue weighted by Gasteiger charge is 2.31. The summed E-state index contributed by atoms with van der Waals surface area (Å²) in [6.45, 7) is 5.91. The topological polar surface area (TPSA) is 117 Å². The van der Waals surface area contributed by atoms with Crippen molar-refractivity contribution >= 4 is 39.6 Å². The number of halogens is 1. The number of imidazole rings is 2. The van der Waals surface area contributed by atoms with Crippen molar-refractivity contribution in [3.8, 4) is 11.5 Å². The monoisotopic (exact) mass is 602 g/mol. The van der Waals surface area contributed by atoms with Gasteiger partial charge in [0.25, 0.3) is 0 Å². The van der Waals surface area contributed by atoms with Gasteiger partial charge in [-0.15, -0.1) is 0 Å². The number of pyridine rings is 1. The van der Waals surface area contributed by atoms with Crippen LogP contribution < -0.4 is 9.47 Å². The normalized spacial score (nSPS) is 18.5. The predicted octanol–water partition coefficient (Wildman–Crippen LogP) is 5.09. The highest BCUT2D eigenvalue weighted by molar-refractivity contribution is 6.30. The van der Waals surface area contributed by atoms with Crippen LogP contribution >= 0.6 is 11.6 Å². The molecule has 11 nitrogen and oxygen atoms in total. The van der Waals surface area contributed by atoms with Crippen molar-refractivity contribution in [3.63, 3.8) is 0 Å². The van der Waals surface area contributed by atoms with Crippen LogP contribution in [0, 0.1) is 0 Å². The number of rotatable bonds is 9. The minimum atomic E-state index is -1.01. The number of methoxy groups -OCH3 is 1. The molecule has 2 aromatic carbocycles. The van der Waals surface area contributed by atoms with Crippen LogP contribution in [0.3, 0.4) is 0 Å². The molecular weight excluding hydrogens is 572 g/mol. The Morgan fingerprint density at radius 2 is 1.95 bits per heavy atom. The standard InChI is InChI=1S/C31H31ClN6O5/c1-18-30-35-28-23(4-3-5-25(28)43-17-21-7-6-20(32)14-33-21)37(30)10-9-36(18)16-27-34-29-24(38(27)15-22-8-11-42-22)12-19(31(39)40)13-26(29)41-2/h3-7,12-14,18,22H,8-11,15-17H2,1-2H3,(H,39,40)/t18-,22-/m0/s1. The van der Waals surface area contributed by atoms with Gasteiger partial charge >= 0.3 is 5.97 Å². The molecule has 1 N–H and O–H groups in total. The summed E-state index contributed by atoms with van der Waals surface area (Å²) >= 11 is 5.98. The third-order valence-corrected chi connectivity index (χ3v) is 8.58. The molecule has 0 aliphatic carbocycles. The fourth-order valence-electron chi connectivity index (χ4n) is 5.91. The molecule has 2 atom stereocenters. The smallest absolute Gasteiger partial charge is 0.335 e. The molecular formula is C31H31ClN6O5. The van der Waals surface area contributed by atoms with Crippen molar-refractivity contribution in [1.29, 1.82) is 0 Å². The first-order valence-electron chi connectivity index (χ1n) is 14.3. The van der Waals surface area contributed by atoms with Gasteiger partial charge in [0.15, 0.2) is 0 Å². The molecule has 1 saturated heterocycles. The Morgan fingerprint density at radius 3 is 2.67 bits per heavy atom. The van der Waals surface area contributed by atoms with Gasteiger partial charge in [-0.1, -0.05) is 17.7 Å². The van der Waals surface area contributed by atoms with E-state index in [1.165, 1.54) is 13.2 Å².